The first-order valence-corrected chi connectivity index (χ1v) is 10.5. The molecule has 0 N–H and O–H groups in total. The smallest absolute Gasteiger partial charge is 0.332 e. The fraction of sp³-hybridized carbons (Fsp3) is 0.350. The fourth-order valence-electron chi connectivity index (χ4n) is 3.60. The van der Waals surface area contributed by atoms with E-state index in [1.165, 1.54) is 20.5 Å². The molecule has 0 saturated carbocycles. The van der Waals surface area contributed by atoms with Gasteiger partial charge in [0.15, 0.2) is 0 Å². The summed E-state index contributed by atoms with van der Waals surface area (Å²) in [6.45, 7) is 1.46. The van der Waals surface area contributed by atoms with Crippen LogP contribution in [0, 0.1) is 0 Å². The molecule has 1 amide bonds. The van der Waals surface area contributed by atoms with Gasteiger partial charge in [-0.15, -0.1) is 11.3 Å². The highest BCUT2D eigenvalue weighted by molar-refractivity contribution is 7.17. The first-order valence-electron chi connectivity index (χ1n) is 9.28. The summed E-state index contributed by atoms with van der Waals surface area (Å²) >= 11 is 7.50. The van der Waals surface area contributed by atoms with Crippen molar-refractivity contribution in [3.8, 4) is 0 Å². The van der Waals surface area contributed by atoms with E-state index in [-0.39, 0.29) is 24.6 Å². The number of piperidine rings is 1. The topological polar surface area (TPSA) is 64.3 Å². The number of hydrogen-bond donors (Lipinski definition) is 0. The number of rotatable bonds is 4. The van der Waals surface area contributed by atoms with Crippen LogP contribution in [0.25, 0.3) is 10.2 Å². The summed E-state index contributed by atoms with van der Waals surface area (Å²) < 4.78 is 3.06. The van der Waals surface area contributed by atoms with E-state index in [1.54, 1.807) is 34.5 Å². The zero-order valence-electron chi connectivity index (χ0n) is 15.3. The van der Waals surface area contributed by atoms with Crippen LogP contribution < -0.4 is 11.2 Å². The van der Waals surface area contributed by atoms with Gasteiger partial charge in [0.2, 0.25) is 5.91 Å². The summed E-state index contributed by atoms with van der Waals surface area (Å²) in [6, 6.07) is 8.85. The summed E-state index contributed by atoms with van der Waals surface area (Å²) in [5.74, 6) is -0.0859. The molecule has 0 radical (unpaired) electrons. The van der Waals surface area contributed by atoms with Crippen LogP contribution in [0.15, 0.2) is 45.3 Å². The minimum absolute atomic E-state index is 0.0606. The number of amides is 1. The van der Waals surface area contributed by atoms with Gasteiger partial charge in [-0.25, -0.2) is 4.79 Å². The van der Waals surface area contributed by atoms with Crippen molar-refractivity contribution >= 4 is 39.1 Å². The molecule has 0 aliphatic carbocycles. The second kappa shape index (κ2) is 7.93. The van der Waals surface area contributed by atoms with Crippen LogP contribution in [0.5, 0.6) is 0 Å². The van der Waals surface area contributed by atoms with E-state index in [0.717, 1.165) is 32.4 Å². The molecule has 0 atom stereocenters. The van der Waals surface area contributed by atoms with E-state index >= 15 is 0 Å². The number of aromatic nitrogens is 2. The van der Waals surface area contributed by atoms with Gasteiger partial charge in [-0.05, 0) is 42.3 Å². The summed E-state index contributed by atoms with van der Waals surface area (Å²) in [4.78, 5) is 40.6. The molecule has 1 saturated heterocycles. The molecule has 3 aromatic rings. The van der Waals surface area contributed by atoms with Gasteiger partial charge in [0, 0.05) is 18.1 Å². The van der Waals surface area contributed by atoms with Crippen LogP contribution in [0.2, 0.25) is 5.02 Å². The molecule has 1 aromatic carbocycles. The van der Waals surface area contributed by atoms with Crippen LogP contribution in [0.1, 0.15) is 24.8 Å². The fourth-order valence-corrected chi connectivity index (χ4v) is 4.64. The lowest BCUT2D eigenvalue weighted by Crippen LogP contribution is -2.44. The Balaban J connectivity index is 1.77. The number of benzene rings is 1. The molecule has 4 rings (SSSR count). The largest absolute Gasteiger partial charge is 0.341 e. The zero-order chi connectivity index (χ0) is 19.7. The molecule has 28 heavy (non-hydrogen) atoms. The average molecular weight is 418 g/mol. The van der Waals surface area contributed by atoms with Gasteiger partial charge < -0.3 is 4.90 Å². The van der Waals surface area contributed by atoms with Gasteiger partial charge in [0.05, 0.1) is 12.1 Å². The summed E-state index contributed by atoms with van der Waals surface area (Å²) in [6.07, 6.45) is 3.10. The van der Waals surface area contributed by atoms with E-state index in [0.29, 0.717) is 20.8 Å². The SMILES string of the molecule is O=C(Cn1c(=O)n(Cc2ccccc2Cl)c(=O)c2sccc21)N1CCCCC1. The Bertz CT molecular complexity index is 1140. The molecule has 146 valence electrons. The molecule has 8 heteroatoms. The highest BCUT2D eigenvalue weighted by Crippen LogP contribution is 2.18. The van der Waals surface area contributed by atoms with Crippen molar-refractivity contribution in [2.75, 3.05) is 13.1 Å². The van der Waals surface area contributed by atoms with E-state index in [2.05, 4.69) is 0 Å². The van der Waals surface area contributed by atoms with Crippen LogP contribution in [0.4, 0.5) is 0 Å². The molecule has 6 nitrogen and oxygen atoms in total. The van der Waals surface area contributed by atoms with E-state index in [9.17, 15) is 14.4 Å². The Labute approximate surface area is 170 Å². The predicted octanol–water partition coefficient (Wildman–Crippen LogP) is 2.94. The van der Waals surface area contributed by atoms with Crippen molar-refractivity contribution in [2.45, 2.75) is 32.4 Å². The van der Waals surface area contributed by atoms with Gasteiger partial charge in [-0.2, -0.15) is 0 Å². The highest BCUT2D eigenvalue weighted by Gasteiger charge is 2.21. The number of nitrogens with zero attached hydrogens (tertiary/aromatic N) is 3. The van der Waals surface area contributed by atoms with E-state index in [1.807, 2.05) is 6.07 Å². The second-order valence-electron chi connectivity index (χ2n) is 6.93. The molecule has 1 fully saturated rings. The molecule has 0 bridgehead atoms. The lowest BCUT2D eigenvalue weighted by molar-refractivity contribution is -0.132. The Hall–Kier alpha value is -2.38. The molecular formula is C20H20ClN3O3S. The monoisotopic (exact) mass is 417 g/mol. The Kier molecular flexibility index (Phi) is 5.37. The average Bonchev–Trinajstić information content (AvgIpc) is 3.20. The quantitative estimate of drug-likeness (QED) is 0.655. The van der Waals surface area contributed by atoms with Gasteiger partial charge in [-0.3, -0.25) is 18.7 Å². The van der Waals surface area contributed by atoms with E-state index < -0.39 is 5.69 Å². The van der Waals surface area contributed by atoms with Gasteiger partial charge in [0.1, 0.15) is 11.2 Å². The van der Waals surface area contributed by atoms with Crippen molar-refractivity contribution in [1.82, 2.24) is 14.0 Å². The van der Waals surface area contributed by atoms with Gasteiger partial charge >= 0.3 is 5.69 Å². The third-order valence-electron chi connectivity index (χ3n) is 5.12. The van der Waals surface area contributed by atoms with Crippen LogP contribution >= 0.6 is 22.9 Å². The molecule has 2 aromatic heterocycles. The van der Waals surface area contributed by atoms with E-state index in [4.69, 9.17) is 11.6 Å². The van der Waals surface area contributed by atoms with Crippen LogP contribution in [0.3, 0.4) is 0 Å². The number of likely N-dealkylation sites (tertiary alicyclic amines) is 1. The number of halogens is 1. The number of fused-ring (bicyclic) bond motifs is 1. The first kappa shape index (κ1) is 19.0. The lowest BCUT2D eigenvalue weighted by Gasteiger charge is -2.27. The molecule has 1 aliphatic rings. The molecule has 0 spiro atoms. The van der Waals surface area contributed by atoms with Crippen LogP contribution in [-0.2, 0) is 17.9 Å². The molecular weight excluding hydrogens is 398 g/mol. The minimum Gasteiger partial charge on any atom is -0.341 e. The maximum Gasteiger partial charge on any atom is 0.332 e. The number of thiophene rings is 1. The minimum atomic E-state index is -0.485. The second-order valence-corrected chi connectivity index (χ2v) is 8.25. The molecule has 1 aliphatic heterocycles. The first-order chi connectivity index (χ1) is 13.6. The van der Waals surface area contributed by atoms with Crippen LogP contribution in [-0.4, -0.2) is 33.0 Å². The van der Waals surface area contributed by atoms with Crippen molar-refractivity contribution in [2.24, 2.45) is 0 Å². The zero-order valence-corrected chi connectivity index (χ0v) is 16.8. The number of carbonyl (C=O) groups is 1. The lowest BCUT2D eigenvalue weighted by atomic mass is 10.1. The Morgan fingerprint density at radius 1 is 1.04 bits per heavy atom. The Morgan fingerprint density at radius 2 is 1.79 bits per heavy atom. The normalized spacial score (nSPS) is 14.5. The third kappa shape index (κ3) is 3.52. The highest BCUT2D eigenvalue weighted by atomic mass is 35.5. The van der Waals surface area contributed by atoms with Crippen molar-refractivity contribution < 1.29 is 4.79 Å². The third-order valence-corrected chi connectivity index (χ3v) is 6.39. The van der Waals surface area contributed by atoms with Crippen molar-refractivity contribution in [3.63, 3.8) is 0 Å². The maximum atomic E-state index is 13.2. The number of hydrogen-bond acceptors (Lipinski definition) is 4. The molecule has 3 heterocycles. The van der Waals surface area contributed by atoms with Gasteiger partial charge in [-0.1, -0.05) is 29.8 Å². The maximum absolute atomic E-state index is 13.2. The molecule has 0 unspecified atom stereocenters. The summed E-state index contributed by atoms with van der Waals surface area (Å²) in [5.41, 5.74) is 0.367. The standard InChI is InChI=1S/C20H20ClN3O3S/c21-15-7-3-2-6-14(15)12-24-19(26)18-16(8-11-28-18)23(20(24)27)13-17(25)22-9-4-1-5-10-22/h2-3,6-8,11H,1,4-5,9-10,12-13H2. The summed E-state index contributed by atoms with van der Waals surface area (Å²) in [5, 5.41) is 2.27. The van der Waals surface area contributed by atoms with Gasteiger partial charge in [0.25, 0.3) is 5.56 Å². The van der Waals surface area contributed by atoms with Crippen molar-refractivity contribution in [3.05, 3.63) is 67.1 Å². The van der Waals surface area contributed by atoms with Crippen molar-refractivity contribution in [1.29, 1.82) is 0 Å². The predicted molar refractivity (Wildman–Crippen MR) is 111 cm³/mol. The summed E-state index contributed by atoms with van der Waals surface area (Å²) in [7, 11) is 0. The number of carbonyl (C=O) groups excluding carboxylic acids is 1. The Morgan fingerprint density at radius 3 is 2.54 bits per heavy atom.